The fourth-order valence-electron chi connectivity index (χ4n) is 3.39. The van der Waals surface area contributed by atoms with E-state index in [0.29, 0.717) is 0 Å². The third-order valence-electron chi connectivity index (χ3n) is 4.47. The summed E-state index contributed by atoms with van der Waals surface area (Å²) in [5, 5.41) is 0. The van der Waals surface area contributed by atoms with E-state index in [0.717, 1.165) is 23.7 Å². The number of rotatable bonds is 0. The molecule has 4 aliphatic rings. The van der Waals surface area contributed by atoms with Crippen molar-refractivity contribution < 1.29 is 48.7 Å². The van der Waals surface area contributed by atoms with Crippen molar-refractivity contribution in [2.24, 2.45) is 23.7 Å². The summed E-state index contributed by atoms with van der Waals surface area (Å²) in [5.74, 6) is 3.23. The molecule has 0 aliphatic heterocycles. The van der Waals surface area contributed by atoms with E-state index < -0.39 is 0 Å². The smallest absolute Gasteiger partial charge is 1.00 e. The van der Waals surface area contributed by atoms with Crippen LogP contribution in [-0.2, 0) is 23.9 Å². The van der Waals surface area contributed by atoms with E-state index in [1.807, 2.05) is 0 Å². The molecule has 0 radical (unpaired) electrons. The van der Waals surface area contributed by atoms with Crippen LogP contribution in [0.15, 0.2) is 48.6 Å². The van der Waals surface area contributed by atoms with E-state index in [4.69, 9.17) is 0 Å². The van der Waals surface area contributed by atoms with Crippen molar-refractivity contribution in [2.75, 3.05) is 0 Å². The van der Waals surface area contributed by atoms with Gasteiger partial charge in [-0.05, 0) is 11.8 Å². The molecule has 0 saturated heterocycles. The molecule has 0 amide bonds. The zero-order valence-electron chi connectivity index (χ0n) is 14.7. The van der Waals surface area contributed by atoms with E-state index in [1.54, 1.807) is 3.26 Å². The summed E-state index contributed by atoms with van der Waals surface area (Å²) in [6, 6.07) is 0. The van der Waals surface area contributed by atoms with Crippen LogP contribution < -0.4 is 24.8 Å². The van der Waals surface area contributed by atoms with Crippen LogP contribution in [0, 0.1) is 36.5 Å². The van der Waals surface area contributed by atoms with Crippen molar-refractivity contribution >= 4 is 3.26 Å². The summed E-state index contributed by atoms with van der Waals surface area (Å²) >= 11 is 1.27. The van der Waals surface area contributed by atoms with Gasteiger partial charge in [-0.3, -0.25) is 0 Å². The molecule has 2 fully saturated rings. The molecular weight excluding hydrogens is 502 g/mol. The average molecular weight is 530 g/mol. The van der Waals surface area contributed by atoms with Gasteiger partial charge in [-0.25, -0.2) is 0 Å². The van der Waals surface area contributed by atoms with Gasteiger partial charge in [-0.2, -0.15) is 12.8 Å². The first-order valence-corrected chi connectivity index (χ1v) is 10.3. The molecule has 0 aromatic heterocycles. The summed E-state index contributed by atoms with van der Waals surface area (Å²) in [6.07, 6.45) is 28.1. The molecule has 4 atom stereocenters. The number of allylic oxidation sites excluding steroid dienone is 8. The zero-order valence-corrected chi connectivity index (χ0v) is 19.8. The monoisotopic (exact) mass is 530 g/mol. The van der Waals surface area contributed by atoms with Gasteiger partial charge in [0.05, 0.1) is 0 Å². The summed E-state index contributed by atoms with van der Waals surface area (Å²) in [4.78, 5) is 0. The molecule has 0 bridgehead atoms. The molecule has 0 aromatic carbocycles. The largest absolute Gasteiger partial charge is 1.00 e. The molecule has 24 heavy (non-hydrogen) atoms. The first-order chi connectivity index (χ1) is 10.7. The molecule has 0 nitrogen and oxygen atoms in total. The maximum atomic E-state index is 2.42. The Morgan fingerprint density at radius 3 is 1.42 bits per heavy atom. The van der Waals surface area contributed by atoms with Gasteiger partial charge in [0.1, 0.15) is 0 Å². The van der Waals surface area contributed by atoms with Gasteiger partial charge >= 0.3 is 41.0 Å². The third kappa shape index (κ3) is 8.59. The molecule has 0 N–H and O–H groups in total. The Labute approximate surface area is 175 Å². The van der Waals surface area contributed by atoms with Gasteiger partial charge in [0, 0.05) is 0 Å². The number of hydrogen-bond donors (Lipinski definition) is 0. The predicted molar refractivity (Wildman–Crippen MR) is 93.9 cm³/mol. The first-order valence-electron chi connectivity index (χ1n) is 8.55. The van der Waals surface area contributed by atoms with E-state index in [2.05, 4.69) is 75.3 Å². The number of halogens is 2. The summed E-state index contributed by atoms with van der Waals surface area (Å²) in [7, 11) is 0. The minimum Gasteiger partial charge on any atom is -1.00 e. The van der Waals surface area contributed by atoms with Crippen molar-refractivity contribution in [1.29, 1.82) is 0 Å². The maximum Gasteiger partial charge on any atom is -1.00 e. The van der Waals surface area contributed by atoms with E-state index >= 15 is 0 Å². The van der Waals surface area contributed by atoms with Crippen LogP contribution in [0.25, 0.3) is 0 Å². The van der Waals surface area contributed by atoms with Crippen molar-refractivity contribution in [1.82, 2.24) is 0 Å². The van der Waals surface area contributed by atoms with Crippen LogP contribution in [0.3, 0.4) is 0 Å². The zero-order chi connectivity index (χ0) is 15.8. The van der Waals surface area contributed by atoms with Crippen LogP contribution in [0.5, 0.6) is 0 Å². The van der Waals surface area contributed by atoms with Gasteiger partial charge < -0.3 is 37.7 Å². The minimum atomic E-state index is 0. The predicted octanol–water partition coefficient (Wildman–Crippen LogP) is -0.561. The second-order valence-corrected chi connectivity index (χ2v) is 10.2. The van der Waals surface area contributed by atoms with Crippen molar-refractivity contribution in [3.63, 3.8) is 0 Å². The standard InChI is InChI=1S/2C9H11.C3H6.2ClH.Hf/c2*1-2-5-9-7-3-6-8(9)4-1;1-3-2;;;/h2*1-2,4-6,8-9H,3,7H2;1-2H3;2*1H;/q2*-1;;;;+2/p-2. The minimum absolute atomic E-state index is 0. The fraction of sp³-hybridized carbons (Fsp3) is 0.476. The van der Waals surface area contributed by atoms with Gasteiger partial charge in [0.15, 0.2) is 0 Å². The summed E-state index contributed by atoms with van der Waals surface area (Å²) < 4.78 is 1.56. The van der Waals surface area contributed by atoms with Crippen LogP contribution >= 0.6 is 0 Å². The Bertz CT molecular complexity index is 398. The second kappa shape index (κ2) is 13.5. The van der Waals surface area contributed by atoms with Gasteiger partial charge in [-0.15, -0.1) is 24.0 Å². The average Bonchev–Trinajstić information content (AvgIpc) is 3.16. The molecule has 0 aromatic rings. The van der Waals surface area contributed by atoms with Crippen LogP contribution in [0.1, 0.15) is 39.5 Å². The first kappa shape index (κ1) is 24.3. The number of fused-ring (bicyclic) bond motifs is 2. The maximum absolute atomic E-state index is 2.42. The molecule has 4 aliphatic carbocycles. The molecule has 4 rings (SSSR count). The van der Waals surface area contributed by atoms with Crippen LogP contribution in [-0.4, -0.2) is 3.26 Å². The summed E-state index contributed by atoms with van der Waals surface area (Å²) in [6.45, 7) is 4.29. The normalized spacial score (nSPS) is 30.5. The Morgan fingerprint density at radius 1 is 0.750 bits per heavy atom. The molecule has 3 heteroatoms. The SMILES string of the molecule is C1=CC2[CH-]CCC2C=C1.C1=CC2[CH-]CCC2C=C1.C[C](C)=[Hf+2].[Cl-].[Cl-]. The van der Waals surface area contributed by atoms with Gasteiger partial charge in [0.25, 0.3) is 0 Å². The van der Waals surface area contributed by atoms with Crippen molar-refractivity contribution in [3.8, 4) is 0 Å². The van der Waals surface area contributed by atoms with Crippen LogP contribution in [0.2, 0.25) is 0 Å². The number of hydrogen-bond acceptors (Lipinski definition) is 0. The molecule has 132 valence electrons. The fourth-order valence-corrected chi connectivity index (χ4v) is 3.39. The molecule has 0 heterocycles. The molecule has 2 saturated carbocycles. The van der Waals surface area contributed by atoms with Crippen LogP contribution in [0.4, 0.5) is 0 Å². The molecule has 4 unspecified atom stereocenters. The second-order valence-electron chi connectivity index (χ2n) is 6.65. The Morgan fingerprint density at radius 2 is 1.08 bits per heavy atom. The Kier molecular flexibility index (Phi) is 13.6. The molecular formula is C21H28Cl2Hf-2. The Hall–Kier alpha value is 0.280. The van der Waals surface area contributed by atoms with Gasteiger partial charge in [-0.1, -0.05) is 49.3 Å². The summed E-state index contributed by atoms with van der Waals surface area (Å²) in [5.41, 5.74) is 0. The Balaban J connectivity index is 0.000000341. The quantitative estimate of drug-likeness (QED) is 0.292. The topological polar surface area (TPSA) is 0 Å². The van der Waals surface area contributed by atoms with E-state index in [9.17, 15) is 0 Å². The van der Waals surface area contributed by atoms with Crippen molar-refractivity contribution in [2.45, 2.75) is 39.5 Å². The van der Waals surface area contributed by atoms with E-state index in [-0.39, 0.29) is 24.8 Å². The van der Waals surface area contributed by atoms with Crippen molar-refractivity contribution in [3.05, 3.63) is 61.4 Å². The van der Waals surface area contributed by atoms with E-state index in [1.165, 1.54) is 49.6 Å². The third-order valence-corrected chi connectivity index (χ3v) is 4.47. The van der Waals surface area contributed by atoms with Gasteiger partial charge in [0.2, 0.25) is 0 Å². The molecule has 0 spiro atoms.